The Morgan fingerprint density at radius 2 is 1.62 bits per heavy atom. The van der Waals surface area contributed by atoms with E-state index < -0.39 is 35.6 Å². The molecule has 42 heavy (non-hydrogen) atoms. The van der Waals surface area contributed by atoms with Gasteiger partial charge in [-0.2, -0.15) is 0 Å². The number of amides is 3. The quantitative estimate of drug-likeness (QED) is 0.199. The van der Waals surface area contributed by atoms with Crippen LogP contribution in [0.4, 0.5) is 10.5 Å². The Hall–Kier alpha value is -4.68. The molecule has 0 aliphatic carbocycles. The van der Waals surface area contributed by atoms with Crippen LogP contribution in [0.25, 0.3) is 0 Å². The van der Waals surface area contributed by atoms with E-state index in [1.165, 1.54) is 18.2 Å². The second-order valence-corrected chi connectivity index (χ2v) is 11.2. The normalized spacial score (nSPS) is 12.4. The van der Waals surface area contributed by atoms with Crippen molar-refractivity contribution in [2.24, 2.45) is 0 Å². The molecule has 3 rings (SSSR count). The number of ether oxygens (including phenoxy) is 1. The molecule has 0 radical (unpaired) electrons. The first-order valence-electron chi connectivity index (χ1n) is 13.1. The lowest BCUT2D eigenvalue weighted by atomic mass is 9.98. The van der Waals surface area contributed by atoms with Gasteiger partial charge >= 0.3 is 6.09 Å². The molecule has 220 valence electrons. The molecule has 0 aliphatic heterocycles. The molecule has 3 amide bonds. The molecule has 3 aromatic carbocycles. The molecule has 4 N–H and O–H groups in total. The summed E-state index contributed by atoms with van der Waals surface area (Å²) in [7, 11) is 0. The van der Waals surface area contributed by atoms with Crippen LogP contribution in [0.3, 0.4) is 0 Å². The number of anilines is 1. The molecule has 3 aromatic rings. The number of hydrogen-bond donors (Lipinski definition) is 4. The molecule has 0 bridgehead atoms. The molecule has 0 saturated carbocycles. The predicted octanol–water partition coefficient (Wildman–Crippen LogP) is 5.60. The molecule has 0 aromatic heterocycles. The summed E-state index contributed by atoms with van der Waals surface area (Å²) in [6.07, 6.45) is 4.95. The first kappa shape index (κ1) is 31.8. The number of carbonyl (C=O) groups excluding carboxylic acids is 3. The van der Waals surface area contributed by atoms with Crippen molar-refractivity contribution in [3.05, 3.63) is 87.9 Å². The van der Waals surface area contributed by atoms with Gasteiger partial charge in [-0.25, -0.2) is 4.79 Å². The average molecular weight is 592 g/mol. The summed E-state index contributed by atoms with van der Waals surface area (Å²) in [6.45, 7) is 8.42. The number of terminal acetylenes is 1. The van der Waals surface area contributed by atoms with Gasteiger partial charge in [0.1, 0.15) is 23.1 Å². The van der Waals surface area contributed by atoms with E-state index in [9.17, 15) is 24.6 Å². The molecule has 0 fully saturated rings. The number of nitrogens with one attached hydrogen (secondary N) is 2. The number of aromatic hydroxyl groups is 2. The summed E-state index contributed by atoms with van der Waals surface area (Å²) in [5, 5.41) is 26.2. The maximum absolute atomic E-state index is 14.1. The van der Waals surface area contributed by atoms with Gasteiger partial charge in [0.15, 0.2) is 6.04 Å². The predicted molar refractivity (Wildman–Crippen MR) is 161 cm³/mol. The summed E-state index contributed by atoms with van der Waals surface area (Å²) < 4.78 is 5.37. The second-order valence-electron chi connectivity index (χ2n) is 10.7. The Morgan fingerprint density at radius 1 is 1.00 bits per heavy atom. The molecule has 0 spiro atoms. The zero-order valence-corrected chi connectivity index (χ0v) is 24.8. The van der Waals surface area contributed by atoms with Gasteiger partial charge < -0.3 is 25.6 Å². The van der Waals surface area contributed by atoms with Crippen LogP contribution >= 0.6 is 11.6 Å². The monoisotopic (exact) mass is 591 g/mol. The Labute approximate surface area is 250 Å². The topological polar surface area (TPSA) is 128 Å². The molecule has 0 heterocycles. The fraction of sp³-hybridized carbons (Fsp3) is 0.281. The summed E-state index contributed by atoms with van der Waals surface area (Å²) >= 11 is 6.35. The van der Waals surface area contributed by atoms with Crippen LogP contribution in [0.2, 0.25) is 5.02 Å². The van der Waals surface area contributed by atoms with Gasteiger partial charge in [-0.05, 0) is 69.5 Å². The lowest BCUT2D eigenvalue weighted by molar-refractivity contribution is -0.136. The Morgan fingerprint density at radius 3 is 2.21 bits per heavy atom. The van der Waals surface area contributed by atoms with Gasteiger partial charge in [-0.3, -0.25) is 14.5 Å². The third kappa shape index (κ3) is 7.95. The van der Waals surface area contributed by atoms with Crippen molar-refractivity contribution in [3.8, 4) is 24.0 Å². The van der Waals surface area contributed by atoms with Gasteiger partial charge in [-0.15, -0.1) is 0 Å². The van der Waals surface area contributed by atoms with Crippen LogP contribution < -0.4 is 10.6 Å². The van der Waals surface area contributed by atoms with E-state index in [4.69, 9.17) is 22.8 Å². The Balaban J connectivity index is 2.09. The van der Waals surface area contributed by atoms with Crippen LogP contribution in [-0.2, 0) is 20.7 Å². The molecule has 2 atom stereocenters. The number of hydrogen-bond acceptors (Lipinski definition) is 6. The number of para-hydroxylation sites is 2. The molecular formula is C32H34ClN3O6. The average Bonchev–Trinajstić information content (AvgIpc) is 2.90. The summed E-state index contributed by atoms with van der Waals surface area (Å²) in [4.78, 5) is 41.6. The first-order chi connectivity index (χ1) is 19.7. The minimum atomic E-state index is -1.51. The van der Waals surface area contributed by atoms with E-state index in [0.717, 1.165) is 4.90 Å². The van der Waals surface area contributed by atoms with Crippen molar-refractivity contribution in [2.75, 3.05) is 5.32 Å². The van der Waals surface area contributed by atoms with Gasteiger partial charge in [0.2, 0.25) is 0 Å². The molecule has 2 unspecified atom stereocenters. The SMILES string of the molecule is C#CN(C(=O)C(Cc1ccc(O)cc1)NC(=O)OC(C)(C)C)C(C(=O)Nc1c(C)cccc1Cl)c1cccc(C)c1O. The van der Waals surface area contributed by atoms with Gasteiger partial charge in [0.05, 0.1) is 10.7 Å². The van der Waals surface area contributed by atoms with Crippen LogP contribution in [0.5, 0.6) is 11.5 Å². The second kappa shape index (κ2) is 13.3. The van der Waals surface area contributed by atoms with Crippen LogP contribution in [0.15, 0.2) is 60.7 Å². The number of phenolic OH excluding ortho intramolecular Hbond substituents is 2. The smallest absolute Gasteiger partial charge is 0.408 e. The largest absolute Gasteiger partial charge is 0.508 e. The molecular weight excluding hydrogens is 558 g/mol. The number of nitrogens with zero attached hydrogens (tertiary/aromatic N) is 1. The number of benzene rings is 3. The maximum Gasteiger partial charge on any atom is 0.408 e. The van der Waals surface area contributed by atoms with Crippen LogP contribution in [-0.4, -0.2) is 44.7 Å². The zero-order valence-electron chi connectivity index (χ0n) is 24.1. The van der Waals surface area contributed by atoms with E-state index >= 15 is 0 Å². The number of halogens is 1. The molecule has 0 aliphatic rings. The lowest BCUT2D eigenvalue weighted by Crippen LogP contribution is -2.51. The highest BCUT2D eigenvalue weighted by Crippen LogP contribution is 2.34. The number of phenols is 2. The highest BCUT2D eigenvalue weighted by Gasteiger charge is 2.38. The van der Waals surface area contributed by atoms with Gasteiger partial charge in [0.25, 0.3) is 11.8 Å². The van der Waals surface area contributed by atoms with Crippen molar-refractivity contribution in [2.45, 2.75) is 58.7 Å². The Bertz CT molecular complexity index is 1490. The molecule has 10 heteroatoms. The standard InChI is InChI=1S/C32H34ClN3O6/c1-7-36(30(40)25(34-31(41)42-32(4,5)6)18-21-14-16-22(37)17-15-21)27(23-12-8-11-20(3)28(23)38)29(39)35-26-19(2)10-9-13-24(26)33/h1,8-17,25,27,37-38H,18H2,2-6H3,(H,34,41)(H,35,39). The maximum atomic E-state index is 14.1. The van der Waals surface area contributed by atoms with Crippen LogP contribution in [0, 0.1) is 26.3 Å². The van der Waals surface area contributed by atoms with Crippen molar-refractivity contribution in [1.29, 1.82) is 0 Å². The fourth-order valence-electron chi connectivity index (χ4n) is 4.23. The van der Waals surface area contributed by atoms with Crippen molar-refractivity contribution >= 4 is 35.2 Å². The number of alkyl carbamates (subject to hydrolysis) is 1. The van der Waals surface area contributed by atoms with Crippen molar-refractivity contribution in [3.63, 3.8) is 0 Å². The highest BCUT2D eigenvalue weighted by atomic mass is 35.5. The summed E-state index contributed by atoms with van der Waals surface area (Å²) in [5.41, 5.74) is 1.24. The zero-order chi connectivity index (χ0) is 31.2. The van der Waals surface area contributed by atoms with Crippen LogP contribution in [0.1, 0.15) is 49.1 Å². The molecule has 9 nitrogen and oxygen atoms in total. The minimum absolute atomic E-state index is 0.0218. The van der Waals surface area contributed by atoms with Gasteiger partial charge in [-0.1, -0.05) is 60.5 Å². The van der Waals surface area contributed by atoms with Gasteiger partial charge in [0, 0.05) is 18.0 Å². The van der Waals surface area contributed by atoms with E-state index in [1.54, 1.807) is 77.1 Å². The summed E-state index contributed by atoms with van der Waals surface area (Å²) in [6, 6.07) is 15.4. The Kier molecular flexibility index (Phi) is 10.1. The number of rotatable bonds is 8. The highest BCUT2D eigenvalue weighted by molar-refractivity contribution is 6.34. The number of carbonyl (C=O) groups is 3. The van der Waals surface area contributed by atoms with E-state index in [-0.39, 0.29) is 28.5 Å². The van der Waals surface area contributed by atoms with E-state index in [2.05, 4.69) is 16.7 Å². The third-order valence-corrected chi connectivity index (χ3v) is 6.60. The first-order valence-corrected chi connectivity index (χ1v) is 13.5. The molecule has 0 saturated heterocycles. The fourth-order valence-corrected chi connectivity index (χ4v) is 4.50. The lowest BCUT2D eigenvalue weighted by Gasteiger charge is -2.31. The van der Waals surface area contributed by atoms with Crippen molar-refractivity contribution < 1.29 is 29.3 Å². The van der Waals surface area contributed by atoms with Crippen molar-refractivity contribution in [1.82, 2.24) is 10.2 Å². The van der Waals surface area contributed by atoms with E-state index in [1.807, 2.05) is 0 Å². The number of aryl methyl sites for hydroxylation is 2. The minimum Gasteiger partial charge on any atom is -0.508 e. The third-order valence-electron chi connectivity index (χ3n) is 6.28. The van der Waals surface area contributed by atoms with E-state index in [0.29, 0.717) is 22.4 Å². The summed E-state index contributed by atoms with van der Waals surface area (Å²) in [5.74, 6) is -1.75.